The molecule has 0 aromatic heterocycles. The molecule has 2 aliphatic heterocycles. The molecule has 0 radical (unpaired) electrons. The number of hydrogen-bond acceptors (Lipinski definition) is 2. The van der Waals surface area contributed by atoms with E-state index in [-0.39, 0.29) is 13.2 Å². The Morgan fingerprint density at radius 1 is 1.29 bits per heavy atom. The van der Waals surface area contributed by atoms with Gasteiger partial charge in [0, 0.05) is 19.1 Å². The van der Waals surface area contributed by atoms with Crippen molar-refractivity contribution in [1.29, 1.82) is 0 Å². The van der Waals surface area contributed by atoms with E-state index in [9.17, 15) is 9.59 Å². The molecule has 1 aromatic rings. The van der Waals surface area contributed by atoms with Crippen LogP contribution < -0.4 is 5.32 Å². The fourth-order valence-electron chi connectivity index (χ4n) is 2.72. The highest BCUT2D eigenvalue weighted by molar-refractivity contribution is 6.11. The predicted molar refractivity (Wildman–Crippen MR) is 84.7 cm³/mol. The van der Waals surface area contributed by atoms with Crippen LogP contribution in [0.25, 0.3) is 5.70 Å². The van der Waals surface area contributed by atoms with Gasteiger partial charge >= 0.3 is 0 Å². The quantitative estimate of drug-likeness (QED) is 0.807. The van der Waals surface area contributed by atoms with Crippen molar-refractivity contribution in [2.24, 2.45) is 0 Å². The van der Waals surface area contributed by atoms with E-state index in [4.69, 9.17) is 0 Å². The Kier molecular flexibility index (Phi) is 4.61. The molecule has 2 amide bonds. The molecule has 112 valence electrons. The van der Waals surface area contributed by atoms with Crippen molar-refractivity contribution in [2.45, 2.75) is 32.7 Å². The first-order valence-electron chi connectivity index (χ1n) is 7.35. The fourth-order valence-corrected chi connectivity index (χ4v) is 2.72. The minimum atomic E-state index is -0.446. The first-order valence-corrected chi connectivity index (χ1v) is 7.35. The second-order valence-corrected chi connectivity index (χ2v) is 4.70. The van der Waals surface area contributed by atoms with Crippen molar-refractivity contribution in [3.8, 4) is 0 Å². The number of nitrogens with zero attached hydrogens (tertiary/aromatic N) is 1. The molecule has 1 saturated heterocycles. The summed E-state index contributed by atoms with van der Waals surface area (Å²) >= 11 is 0. The van der Waals surface area contributed by atoms with E-state index in [2.05, 4.69) is 17.6 Å². The van der Waals surface area contributed by atoms with Gasteiger partial charge in [0.1, 0.15) is 6.04 Å². The number of hydrogen-bond donors (Lipinski definition) is 1. The summed E-state index contributed by atoms with van der Waals surface area (Å²) in [7, 11) is 0. The molecule has 1 aromatic carbocycles. The van der Waals surface area contributed by atoms with Crippen molar-refractivity contribution < 1.29 is 11.0 Å². The Morgan fingerprint density at radius 2 is 1.95 bits per heavy atom. The topological polar surface area (TPSA) is 49.4 Å². The Morgan fingerprint density at radius 3 is 2.57 bits per heavy atom. The number of benzene rings is 1. The zero-order valence-corrected chi connectivity index (χ0v) is 12.5. The van der Waals surface area contributed by atoms with Crippen LogP contribution in [0.2, 0.25) is 0 Å². The van der Waals surface area contributed by atoms with Gasteiger partial charge in [0.2, 0.25) is 5.91 Å². The molecule has 1 N–H and O–H groups in total. The van der Waals surface area contributed by atoms with Crippen LogP contribution in [0.3, 0.4) is 0 Å². The van der Waals surface area contributed by atoms with E-state index in [1.165, 1.54) is 4.90 Å². The fraction of sp³-hybridized carbons (Fsp3) is 0.353. The lowest BCUT2D eigenvalue weighted by Crippen LogP contribution is -2.50. The van der Waals surface area contributed by atoms with E-state index >= 15 is 0 Å². The van der Waals surface area contributed by atoms with Crippen molar-refractivity contribution in [3.63, 3.8) is 0 Å². The smallest absolute Gasteiger partial charge is 0.260 e. The van der Waals surface area contributed by atoms with E-state index in [0.717, 1.165) is 12.0 Å². The maximum absolute atomic E-state index is 12.5. The predicted octanol–water partition coefficient (Wildman–Crippen LogP) is 2.82. The lowest BCUT2D eigenvalue weighted by atomic mass is 10.0. The summed E-state index contributed by atoms with van der Waals surface area (Å²) in [6, 6.07) is 6.88. The maximum Gasteiger partial charge on any atom is 0.260 e. The first kappa shape index (κ1) is 15.1. The molecule has 1 unspecified atom stereocenters. The van der Waals surface area contributed by atoms with Gasteiger partial charge in [-0.2, -0.15) is 0 Å². The van der Waals surface area contributed by atoms with Crippen molar-refractivity contribution in [3.05, 3.63) is 47.7 Å². The molecule has 0 bridgehead atoms. The Balaban J connectivity index is 0.000000775. The van der Waals surface area contributed by atoms with Crippen molar-refractivity contribution >= 4 is 17.5 Å². The molecule has 2 aliphatic rings. The zero-order chi connectivity index (χ0) is 15.4. The van der Waals surface area contributed by atoms with E-state index in [1.54, 1.807) is 6.07 Å². The summed E-state index contributed by atoms with van der Waals surface area (Å²) < 4.78 is 0. The average Bonchev–Trinajstić information content (AvgIpc) is 2.82. The Bertz CT molecular complexity index is 621. The van der Waals surface area contributed by atoms with Gasteiger partial charge < -0.3 is 5.32 Å². The maximum atomic E-state index is 12.5. The van der Waals surface area contributed by atoms with Gasteiger partial charge in [-0.15, -0.1) is 5.73 Å². The normalized spacial score (nSPS) is 20.2. The Hall–Kier alpha value is -2.32. The third kappa shape index (κ3) is 2.50. The number of fused-ring (bicyclic) bond motifs is 1. The lowest BCUT2D eigenvalue weighted by Gasteiger charge is -2.30. The number of carbonyl (C=O) groups excluding carboxylic acids is 2. The van der Waals surface area contributed by atoms with Crippen molar-refractivity contribution in [2.75, 3.05) is 6.54 Å². The van der Waals surface area contributed by atoms with Gasteiger partial charge in [-0.05, 0) is 18.9 Å². The van der Waals surface area contributed by atoms with Crippen LogP contribution in [0.5, 0.6) is 0 Å². The average molecular weight is 286 g/mol. The number of nitrogens with one attached hydrogen (secondary N) is 1. The van der Waals surface area contributed by atoms with E-state index in [1.807, 2.05) is 32.0 Å². The third-order valence-corrected chi connectivity index (χ3v) is 3.61. The molecule has 2 heterocycles. The summed E-state index contributed by atoms with van der Waals surface area (Å²) in [4.78, 5) is 26.0. The second-order valence-electron chi connectivity index (χ2n) is 4.70. The standard InChI is InChI=1S/C15H14N2O2.C2H6.H2/c1-2-12-10-6-3-4-7-11(10)15(19)17(12)13-8-5-9-16-14(13)18;1-2;/h3-4,6-7,13H,1,5,8-9H2,(H,16,18);1-2H3;1H. The van der Waals surface area contributed by atoms with Crippen LogP contribution in [-0.2, 0) is 4.79 Å². The number of piperidine rings is 1. The van der Waals surface area contributed by atoms with Crippen LogP contribution in [0.15, 0.2) is 36.6 Å². The van der Waals surface area contributed by atoms with Gasteiger partial charge in [-0.25, -0.2) is 0 Å². The van der Waals surface area contributed by atoms with Gasteiger partial charge in [0.15, 0.2) is 0 Å². The molecule has 3 rings (SSSR count). The minimum absolute atomic E-state index is 0. The SMILES string of the molecule is C=C=C1c2ccccc2C(=O)N1C1CCCNC1=O.CC.[HH]. The molecular formula is C17H22N2O2. The molecule has 0 aliphatic carbocycles. The molecular weight excluding hydrogens is 264 g/mol. The Labute approximate surface area is 126 Å². The molecule has 0 spiro atoms. The van der Waals surface area contributed by atoms with Crippen LogP contribution in [0.4, 0.5) is 0 Å². The minimum Gasteiger partial charge on any atom is -0.354 e. The summed E-state index contributed by atoms with van der Waals surface area (Å²) in [5.74, 6) is -0.232. The van der Waals surface area contributed by atoms with Gasteiger partial charge in [0.25, 0.3) is 5.91 Å². The van der Waals surface area contributed by atoms with Gasteiger partial charge in [-0.1, -0.05) is 38.6 Å². The highest BCUT2D eigenvalue weighted by Crippen LogP contribution is 2.34. The van der Waals surface area contributed by atoms with E-state index < -0.39 is 6.04 Å². The zero-order valence-electron chi connectivity index (χ0n) is 12.5. The molecule has 1 atom stereocenters. The molecule has 4 heteroatoms. The summed E-state index contributed by atoms with van der Waals surface area (Å²) in [6.45, 7) is 8.34. The van der Waals surface area contributed by atoms with Crippen LogP contribution in [0, 0.1) is 0 Å². The van der Waals surface area contributed by atoms with Gasteiger partial charge in [-0.3, -0.25) is 14.5 Å². The van der Waals surface area contributed by atoms with Crippen LogP contribution in [-0.4, -0.2) is 29.3 Å². The second kappa shape index (κ2) is 6.42. The monoisotopic (exact) mass is 286 g/mol. The number of rotatable bonds is 1. The highest BCUT2D eigenvalue weighted by atomic mass is 16.2. The largest absolute Gasteiger partial charge is 0.354 e. The molecule has 1 fully saturated rings. The summed E-state index contributed by atoms with van der Waals surface area (Å²) in [5, 5.41) is 2.81. The first-order chi connectivity index (χ1) is 10.2. The molecule has 0 saturated carbocycles. The molecule has 4 nitrogen and oxygen atoms in total. The highest BCUT2D eigenvalue weighted by Gasteiger charge is 2.40. The summed E-state index contributed by atoms with van der Waals surface area (Å²) in [6.07, 6.45) is 1.55. The van der Waals surface area contributed by atoms with Crippen LogP contribution >= 0.6 is 0 Å². The lowest BCUT2D eigenvalue weighted by molar-refractivity contribution is -0.126. The van der Waals surface area contributed by atoms with Gasteiger partial charge in [0.05, 0.1) is 5.70 Å². The van der Waals surface area contributed by atoms with Crippen LogP contribution in [0.1, 0.15) is 44.0 Å². The number of amides is 2. The summed E-state index contributed by atoms with van der Waals surface area (Å²) in [5.41, 5.74) is 4.85. The third-order valence-electron chi connectivity index (χ3n) is 3.61. The number of carbonyl (C=O) groups is 2. The van der Waals surface area contributed by atoms with E-state index in [0.29, 0.717) is 24.2 Å². The molecule has 21 heavy (non-hydrogen) atoms. The van der Waals surface area contributed by atoms with Crippen molar-refractivity contribution in [1.82, 2.24) is 10.2 Å².